The van der Waals surface area contributed by atoms with Gasteiger partial charge in [0.1, 0.15) is 11.9 Å². The molecule has 6 nitrogen and oxygen atoms in total. The maximum atomic E-state index is 12.6. The molecule has 1 aliphatic heterocycles. The number of nitrogens with zero attached hydrogens (tertiary/aromatic N) is 2. The smallest absolute Gasteiger partial charge is 0.251 e. The lowest BCUT2D eigenvalue weighted by atomic mass is 10.0. The first-order chi connectivity index (χ1) is 14.1. The fourth-order valence-electron chi connectivity index (χ4n) is 3.63. The largest absolute Gasteiger partial charge is 0.352 e. The highest BCUT2D eigenvalue weighted by atomic mass is 16.2. The molecule has 1 aromatic heterocycles. The van der Waals surface area contributed by atoms with E-state index in [0.29, 0.717) is 12.4 Å². The summed E-state index contributed by atoms with van der Waals surface area (Å²) in [6, 6.07) is 17.2. The zero-order valence-electron chi connectivity index (χ0n) is 16.6. The minimum Gasteiger partial charge on any atom is -0.352 e. The van der Waals surface area contributed by atoms with Crippen LogP contribution in [0.25, 0.3) is 11.1 Å². The van der Waals surface area contributed by atoms with Crippen LogP contribution in [0.2, 0.25) is 0 Å². The molecule has 0 radical (unpaired) electrons. The van der Waals surface area contributed by atoms with Crippen molar-refractivity contribution in [2.45, 2.75) is 39.3 Å². The van der Waals surface area contributed by atoms with Gasteiger partial charge in [-0.3, -0.25) is 9.59 Å². The molecule has 0 saturated carbocycles. The van der Waals surface area contributed by atoms with Crippen LogP contribution in [0, 0.1) is 6.92 Å². The van der Waals surface area contributed by atoms with Gasteiger partial charge < -0.3 is 10.6 Å². The standard InChI is InChI=1S/C23H24N4O2/c1-3-18-21(17-11-9-15(2)10-12-17)22-25-23(29)19(27(22)26-18)13-20(28)24-14-16-7-5-4-6-8-16/h4-12,19H,3,13-14H2,1-2H3,(H,24,28)(H,25,29). The fraction of sp³-hybridized carbons (Fsp3) is 0.261. The van der Waals surface area contributed by atoms with Crippen LogP contribution in [-0.4, -0.2) is 21.6 Å². The van der Waals surface area contributed by atoms with Crippen LogP contribution in [0.3, 0.4) is 0 Å². The topological polar surface area (TPSA) is 76.0 Å². The number of hydrogen-bond donors (Lipinski definition) is 2. The molecule has 6 heteroatoms. The van der Waals surface area contributed by atoms with Gasteiger partial charge in [-0.15, -0.1) is 0 Å². The number of hydrogen-bond acceptors (Lipinski definition) is 3. The molecular weight excluding hydrogens is 364 g/mol. The van der Waals surface area contributed by atoms with Crippen molar-refractivity contribution in [1.29, 1.82) is 0 Å². The summed E-state index contributed by atoms with van der Waals surface area (Å²) in [5, 5.41) is 10.5. The fourth-order valence-corrected chi connectivity index (χ4v) is 3.63. The average molecular weight is 388 g/mol. The molecule has 4 rings (SSSR count). The average Bonchev–Trinajstić information content (AvgIpc) is 3.23. The van der Waals surface area contributed by atoms with Gasteiger partial charge >= 0.3 is 0 Å². The van der Waals surface area contributed by atoms with Gasteiger partial charge in [0.25, 0.3) is 5.91 Å². The Hall–Kier alpha value is -3.41. The van der Waals surface area contributed by atoms with Crippen LogP contribution in [0.5, 0.6) is 0 Å². The Morgan fingerprint density at radius 1 is 1.14 bits per heavy atom. The molecule has 2 N–H and O–H groups in total. The first-order valence-electron chi connectivity index (χ1n) is 9.86. The van der Waals surface area contributed by atoms with Crippen molar-refractivity contribution in [2.24, 2.45) is 0 Å². The van der Waals surface area contributed by atoms with Gasteiger partial charge in [0.05, 0.1) is 12.1 Å². The van der Waals surface area contributed by atoms with Gasteiger partial charge in [0, 0.05) is 12.1 Å². The van der Waals surface area contributed by atoms with E-state index in [2.05, 4.69) is 15.7 Å². The van der Waals surface area contributed by atoms with Crippen molar-refractivity contribution in [2.75, 3.05) is 5.32 Å². The minimum absolute atomic E-state index is 0.0594. The van der Waals surface area contributed by atoms with Gasteiger partial charge in [-0.25, -0.2) is 4.68 Å². The molecule has 2 aromatic carbocycles. The summed E-state index contributed by atoms with van der Waals surface area (Å²) >= 11 is 0. The van der Waals surface area contributed by atoms with Crippen LogP contribution < -0.4 is 10.6 Å². The predicted octanol–water partition coefficient (Wildman–Crippen LogP) is 3.62. The zero-order chi connectivity index (χ0) is 20.4. The van der Waals surface area contributed by atoms with Gasteiger partial charge in [0.2, 0.25) is 5.91 Å². The molecule has 0 aliphatic carbocycles. The maximum Gasteiger partial charge on any atom is 0.251 e. The molecule has 0 fully saturated rings. The third kappa shape index (κ3) is 3.78. The summed E-state index contributed by atoms with van der Waals surface area (Å²) in [7, 11) is 0. The Kier molecular flexibility index (Phi) is 5.16. The summed E-state index contributed by atoms with van der Waals surface area (Å²) in [6.07, 6.45) is 0.801. The van der Waals surface area contributed by atoms with Crippen molar-refractivity contribution in [3.05, 3.63) is 71.4 Å². The molecule has 0 spiro atoms. The van der Waals surface area contributed by atoms with Crippen LogP contribution in [0.1, 0.15) is 36.2 Å². The lowest BCUT2D eigenvalue weighted by Crippen LogP contribution is -2.28. The Morgan fingerprint density at radius 3 is 2.55 bits per heavy atom. The second kappa shape index (κ2) is 7.91. The molecule has 1 aliphatic rings. The van der Waals surface area contributed by atoms with Gasteiger partial charge in [-0.05, 0) is 24.5 Å². The van der Waals surface area contributed by atoms with E-state index in [1.807, 2.05) is 68.4 Å². The SMILES string of the molecule is CCc1nn2c(c1-c1ccc(C)cc1)NC(=O)C2CC(=O)NCc1ccccc1. The Bertz CT molecular complexity index is 1040. The van der Waals surface area contributed by atoms with Crippen LogP contribution in [-0.2, 0) is 22.6 Å². The number of aromatic nitrogens is 2. The monoisotopic (exact) mass is 388 g/mol. The number of nitrogens with one attached hydrogen (secondary N) is 2. The number of anilines is 1. The van der Waals surface area contributed by atoms with Gasteiger partial charge in [-0.1, -0.05) is 67.1 Å². The van der Waals surface area contributed by atoms with E-state index in [9.17, 15) is 9.59 Å². The van der Waals surface area contributed by atoms with Gasteiger partial charge in [0.15, 0.2) is 0 Å². The molecule has 2 heterocycles. The molecule has 1 atom stereocenters. The molecule has 2 amide bonds. The molecule has 3 aromatic rings. The number of benzene rings is 2. The third-order valence-electron chi connectivity index (χ3n) is 5.21. The maximum absolute atomic E-state index is 12.6. The molecule has 0 saturated heterocycles. The number of rotatable bonds is 6. The summed E-state index contributed by atoms with van der Waals surface area (Å²) < 4.78 is 1.68. The predicted molar refractivity (Wildman–Crippen MR) is 112 cm³/mol. The highest BCUT2D eigenvalue weighted by molar-refractivity contribution is 6.03. The van der Waals surface area contributed by atoms with E-state index in [4.69, 9.17) is 0 Å². The molecule has 148 valence electrons. The van der Waals surface area contributed by atoms with Crippen LogP contribution in [0.15, 0.2) is 54.6 Å². The van der Waals surface area contributed by atoms with Crippen LogP contribution in [0.4, 0.5) is 5.82 Å². The Balaban J connectivity index is 1.55. The van der Waals surface area contributed by atoms with E-state index < -0.39 is 6.04 Å². The number of carbonyl (C=O) groups is 2. The zero-order valence-corrected chi connectivity index (χ0v) is 16.6. The second-order valence-corrected chi connectivity index (χ2v) is 7.31. The third-order valence-corrected chi connectivity index (χ3v) is 5.21. The van der Waals surface area contributed by atoms with Crippen molar-refractivity contribution in [3.63, 3.8) is 0 Å². The number of amides is 2. The summed E-state index contributed by atoms with van der Waals surface area (Å²) in [4.78, 5) is 25.1. The van der Waals surface area contributed by atoms with E-state index >= 15 is 0 Å². The first-order valence-corrected chi connectivity index (χ1v) is 9.86. The summed E-state index contributed by atoms with van der Waals surface area (Å²) in [5.74, 6) is 0.308. The normalized spacial score (nSPS) is 15.1. The Morgan fingerprint density at radius 2 is 1.86 bits per heavy atom. The van der Waals surface area contributed by atoms with E-state index in [0.717, 1.165) is 28.8 Å². The van der Waals surface area contributed by atoms with Crippen molar-refractivity contribution in [3.8, 4) is 11.1 Å². The molecular formula is C23H24N4O2. The number of aryl methyl sites for hydroxylation is 2. The quantitative estimate of drug-likeness (QED) is 0.677. The molecule has 0 bridgehead atoms. The van der Waals surface area contributed by atoms with E-state index in [1.165, 1.54) is 5.56 Å². The second-order valence-electron chi connectivity index (χ2n) is 7.31. The summed E-state index contributed by atoms with van der Waals surface area (Å²) in [6.45, 7) is 4.52. The molecule has 29 heavy (non-hydrogen) atoms. The number of carbonyl (C=O) groups excluding carboxylic acids is 2. The summed E-state index contributed by atoms with van der Waals surface area (Å²) in [5.41, 5.74) is 5.06. The first kappa shape index (κ1) is 18.9. The van der Waals surface area contributed by atoms with E-state index in [-0.39, 0.29) is 18.2 Å². The van der Waals surface area contributed by atoms with E-state index in [1.54, 1.807) is 4.68 Å². The lowest BCUT2D eigenvalue weighted by molar-refractivity contribution is -0.126. The highest BCUT2D eigenvalue weighted by Crippen LogP contribution is 2.38. The van der Waals surface area contributed by atoms with Crippen molar-refractivity contribution in [1.82, 2.24) is 15.1 Å². The minimum atomic E-state index is -0.634. The highest BCUT2D eigenvalue weighted by Gasteiger charge is 2.36. The number of fused-ring (bicyclic) bond motifs is 1. The Labute approximate surface area is 169 Å². The lowest BCUT2D eigenvalue weighted by Gasteiger charge is -2.10. The van der Waals surface area contributed by atoms with Crippen molar-refractivity contribution < 1.29 is 9.59 Å². The van der Waals surface area contributed by atoms with Crippen LogP contribution >= 0.6 is 0 Å². The van der Waals surface area contributed by atoms with Gasteiger partial charge in [-0.2, -0.15) is 5.10 Å². The molecule has 1 unspecified atom stereocenters. The van der Waals surface area contributed by atoms with Crippen molar-refractivity contribution >= 4 is 17.6 Å².